The minimum atomic E-state index is -0.487. The summed E-state index contributed by atoms with van der Waals surface area (Å²) >= 11 is 5.85. The van der Waals surface area contributed by atoms with Crippen LogP contribution in [-0.4, -0.2) is 15.0 Å². The monoisotopic (exact) mass is 385 g/mol. The standard InChI is InChI=1S/C20H20ClN3O3/c1-3-13(2)24-19(26)16-6-4-5-7-17(16)23(20(24)27)12-18(25)22-15-10-8-14(21)9-11-15/h4-11,13H,3,12H2,1-2H3,(H,22,25). The van der Waals surface area contributed by atoms with Gasteiger partial charge in [0.1, 0.15) is 6.54 Å². The van der Waals surface area contributed by atoms with E-state index < -0.39 is 5.69 Å². The van der Waals surface area contributed by atoms with E-state index in [-0.39, 0.29) is 24.1 Å². The lowest BCUT2D eigenvalue weighted by Crippen LogP contribution is -2.43. The molecule has 0 aliphatic carbocycles. The van der Waals surface area contributed by atoms with E-state index in [2.05, 4.69) is 5.32 Å². The number of benzene rings is 2. The van der Waals surface area contributed by atoms with Crippen molar-refractivity contribution in [2.24, 2.45) is 0 Å². The van der Waals surface area contributed by atoms with E-state index in [1.54, 1.807) is 48.5 Å². The van der Waals surface area contributed by atoms with Crippen LogP contribution in [0.25, 0.3) is 10.9 Å². The molecular weight excluding hydrogens is 366 g/mol. The first-order valence-electron chi connectivity index (χ1n) is 8.72. The summed E-state index contributed by atoms with van der Waals surface area (Å²) in [5.74, 6) is -0.362. The van der Waals surface area contributed by atoms with Crippen molar-refractivity contribution in [1.82, 2.24) is 9.13 Å². The number of carbonyl (C=O) groups is 1. The van der Waals surface area contributed by atoms with E-state index >= 15 is 0 Å². The predicted octanol–water partition coefficient (Wildman–Crippen LogP) is 3.43. The maximum absolute atomic E-state index is 13.0. The molecule has 6 nitrogen and oxygen atoms in total. The summed E-state index contributed by atoms with van der Waals surface area (Å²) in [7, 11) is 0. The lowest BCUT2D eigenvalue weighted by atomic mass is 10.2. The Kier molecular flexibility index (Phi) is 5.46. The molecule has 1 atom stereocenters. The lowest BCUT2D eigenvalue weighted by molar-refractivity contribution is -0.116. The maximum atomic E-state index is 13.0. The van der Waals surface area contributed by atoms with Crippen LogP contribution in [0.3, 0.4) is 0 Å². The van der Waals surface area contributed by atoms with Gasteiger partial charge in [-0.15, -0.1) is 0 Å². The Morgan fingerprint density at radius 3 is 2.44 bits per heavy atom. The molecule has 1 aromatic heterocycles. The van der Waals surface area contributed by atoms with Gasteiger partial charge in [-0.25, -0.2) is 4.79 Å². The van der Waals surface area contributed by atoms with Crippen LogP contribution in [0.2, 0.25) is 5.02 Å². The van der Waals surface area contributed by atoms with Gasteiger partial charge >= 0.3 is 5.69 Å². The third-order valence-electron chi connectivity index (χ3n) is 4.54. The Balaban J connectivity index is 2.05. The van der Waals surface area contributed by atoms with Gasteiger partial charge in [0.15, 0.2) is 0 Å². The van der Waals surface area contributed by atoms with Crippen LogP contribution in [0, 0.1) is 0 Å². The van der Waals surface area contributed by atoms with Gasteiger partial charge in [-0.3, -0.25) is 18.7 Å². The molecule has 0 aliphatic rings. The second-order valence-corrected chi connectivity index (χ2v) is 6.81. The molecule has 0 radical (unpaired) electrons. The summed E-state index contributed by atoms with van der Waals surface area (Å²) in [6.45, 7) is 3.53. The minimum absolute atomic E-state index is 0.196. The van der Waals surface area contributed by atoms with Crippen molar-refractivity contribution < 1.29 is 4.79 Å². The van der Waals surface area contributed by atoms with Gasteiger partial charge in [0.2, 0.25) is 5.91 Å². The van der Waals surface area contributed by atoms with Crippen LogP contribution in [-0.2, 0) is 11.3 Å². The molecule has 3 aromatic rings. The fourth-order valence-corrected chi connectivity index (χ4v) is 3.07. The van der Waals surface area contributed by atoms with Crippen molar-refractivity contribution in [3.63, 3.8) is 0 Å². The SMILES string of the molecule is CCC(C)n1c(=O)c2ccccc2n(CC(=O)Nc2ccc(Cl)cc2)c1=O. The molecule has 0 aliphatic heterocycles. The first-order chi connectivity index (χ1) is 12.9. The van der Waals surface area contributed by atoms with Gasteiger partial charge < -0.3 is 5.32 Å². The summed E-state index contributed by atoms with van der Waals surface area (Å²) in [6.07, 6.45) is 0.629. The third kappa shape index (κ3) is 3.80. The van der Waals surface area contributed by atoms with Crippen molar-refractivity contribution in [1.29, 1.82) is 0 Å². The summed E-state index contributed by atoms with van der Waals surface area (Å²) in [6, 6.07) is 13.3. The second kappa shape index (κ2) is 7.80. The average molecular weight is 386 g/mol. The number of para-hydroxylation sites is 1. The van der Waals surface area contributed by atoms with E-state index in [4.69, 9.17) is 11.6 Å². The largest absolute Gasteiger partial charge is 0.332 e. The van der Waals surface area contributed by atoms with Crippen molar-refractivity contribution in [2.45, 2.75) is 32.9 Å². The molecule has 2 aromatic carbocycles. The second-order valence-electron chi connectivity index (χ2n) is 6.37. The molecule has 0 saturated carbocycles. The van der Waals surface area contributed by atoms with Gasteiger partial charge in [-0.05, 0) is 49.7 Å². The van der Waals surface area contributed by atoms with Crippen molar-refractivity contribution >= 4 is 34.1 Å². The normalized spacial score (nSPS) is 12.1. The highest BCUT2D eigenvalue weighted by Crippen LogP contribution is 2.14. The number of halogens is 1. The molecule has 1 heterocycles. The first kappa shape index (κ1) is 18.9. The molecule has 27 heavy (non-hydrogen) atoms. The Labute approximate surface area is 161 Å². The first-order valence-corrected chi connectivity index (χ1v) is 9.09. The third-order valence-corrected chi connectivity index (χ3v) is 4.79. The Morgan fingerprint density at radius 1 is 1.11 bits per heavy atom. The smallest absolute Gasteiger partial charge is 0.325 e. The number of nitrogens with one attached hydrogen (secondary N) is 1. The zero-order valence-electron chi connectivity index (χ0n) is 15.1. The predicted molar refractivity (Wildman–Crippen MR) is 108 cm³/mol. The van der Waals surface area contributed by atoms with Gasteiger partial charge in [0.25, 0.3) is 5.56 Å². The molecule has 7 heteroatoms. The van der Waals surface area contributed by atoms with Crippen molar-refractivity contribution in [3.05, 3.63) is 74.4 Å². The molecule has 3 rings (SSSR count). The molecule has 0 saturated heterocycles. The van der Waals surface area contributed by atoms with Crippen LogP contribution < -0.4 is 16.6 Å². The van der Waals surface area contributed by atoms with Gasteiger partial charge in [-0.1, -0.05) is 30.7 Å². The number of aromatic nitrogens is 2. The molecule has 140 valence electrons. The van der Waals surface area contributed by atoms with Crippen molar-refractivity contribution in [3.8, 4) is 0 Å². The zero-order valence-corrected chi connectivity index (χ0v) is 15.9. The molecular formula is C20H20ClN3O3. The molecule has 0 bridgehead atoms. The van der Waals surface area contributed by atoms with E-state index in [1.165, 1.54) is 9.13 Å². The van der Waals surface area contributed by atoms with Crippen LogP contribution in [0.1, 0.15) is 26.3 Å². The number of fused-ring (bicyclic) bond motifs is 1. The minimum Gasteiger partial charge on any atom is -0.325 e. The van der Waals surface area contributed by atoms with Gasteiger partial charge in [0, 0.05) is 16.8 Å². The number of hydrogen-bond donors (Lipinski definition) is 1. The Hall–Kier alpha value is -2.86. The topological polar surface area (TPSA) is 73.1 Å². The number of hydrogen-bond acceptors (Lipinski definition) is 3. The molecule has 1 amide bonds. The highest BCUT2D eigenvalue weighted by atomic mass is 35.5. The maximum Gasteiger partial charge on any atom is 0.332 e. The fraction of sp³-hybridized carbons (Fsp3) is 0.250. The van der Waals surface area contributed by atoms with Crippen LogP contribution in [0.4, 0.5) is 5.69 Å². The molecule has 1 unspecified atom stereocenters. The van der Waals surface area contributed by atoms with Crippen LogP contribution in [0.15, 0.2) is 58.1 Å². The highest BCUT2D eigenvalue weighted by molar-refractivity contribution is 6.30. The summed E-state index contributed by atoms with van der Waals surface area (Å²) in [4.78, 5) is 38.2. The summed E-state index contributed by atoms with van der Waals surface area (Å²) < 4.78 is 2.56. The molecule has 0 fully saturated rings. The lowest BCUT2D eigenvalue weighted by Gasteiger charge is -2.17. The van der Waals surface area contributed by atoms with E-state index in [0.717, 1.165) is 0 Å². The summed E-state index contributed by atoms with van der Waals surface area (Å²) in [5.41, 5.74) is 0.203. The number of amides is 1. The quantitative estimate of drug-likeness (QED) is 0.731. The molecule has 1 N–H and O–H groups in total. The average Bonchev–Trinajstić information content (AvgIpc) is 2.67. The Morgan fingerprint density at radius 2 is 1.78 bits per heavy atom. The fourth-order valence-electron chi connectivity index (χ4n) is 2.94. The number of carbonyl (C=O) groups excluding carboxylic acids is 1. The zero-order chi connectivity index (χ0) is 19.6. The van der Waals surface area contributed by atoms with Crippen LogP contribution >= 0.6 is 11.6 Å². The van der Waals surface area contributed by atoms with E-state index in [9.17, 15) is 14.4 Å². The highest BCUT2D eigenvalue weighted by Gasteiger charge is 2.17. The summed E-state index contributed by atoms with van der Waals surface area (Å²) in [5, 5.41) is 3.72. The van der Waals surface area contributed by atoms with Gasteiger partial charge in [-0.2, -0.15) is 0 Å². The van der Waals surface area contributed by atoms with Crippen LogP contribution in [0.5, 0.6) is 0 Å². The number of anilines is 1. The number of rotatable bonds is 5. The van der Waals surface area contributed by atoms with Crippen molar-refractivity contribution in [2.75, 3.05) is 5.32 Å². The Bertz CT molecular complexity index is 1100. The van der Waals surface area contributed by atoms with E-state index in [0.29, 0.717) is 28.0 Å². The number of nitrogens with zero attached hydrogens (tertiary/aromatic N) is 2. The van der Waals surface area contributed by atoms with Gasteiger partial charge in [0.05, 0.1) is 10.9 Å². The molecule has 0 spiro atoms. The van der Waals surface area contributed by atoms with E-state index in [1.807, 2.05) is 13.8 Å².